The highest BCUT2D eigenvalue weighted by Gasteiger charge is 2.28. The van der Waals surface area contributed by atoms with Crippen molar-refractivity contribution in [3.8, 4) is 0 Å². The van der Waals surface area contributed by atoms with Crippen molar-refractivity contribution < 1.29 is 17.6 Å². The summed E-state index contributed by atoms with van der Waals surface area (Å²) >= 11 is 0. The first-order chi connectivity index (χ1) is 12.9. The molecule has 0 radical (unpaired) electrons. The van der Waals surface area contributed by atoms with Crippen molar-refractivity contribution in [2.24, 2.45) is 0 Å². The normalized spacial score (nSPS) is 16.2. The molecule has 3 rings (SSSR count). The molecule has 8 heteroatoms. The Labute approximate surface area is 158 Å². The van der Waals surface area contributed by atoms with Gasteiger partial charge in [0.25, 0.3) is 0 Å². The maximum Gasteiger partial charge on any atom is 0.241 e. The van der Waals surface area contributed by atoms with Crippen LogP contribution < -0.4 is 9.62 Å². The quantitative estimate of drug-likeness (QED) is 0.845. The maximum atomic E-state index is 13.0. The monoisotopic (exact) mass is 391 g/mol. The molecule has 2 aromatic rings. The average molecular weight is 391 g/mol. The van der Waals surface area contributed by atoms with E-state index in [-0.39, 0.29) is 10.8 Å². The fourth-order valence-corrected chi connectivity index (χ4v) is 4.26. The molecule has 6 nitrogen and oxygen atoms in total. The van der Waals surface area contributed by atoms with E-state index in [1.54, 1.807) is 4.90 Å². The molecular formula is C19H22FN3O3S. The zero-order valence-corrected chi connectivity index (χ0v) is 15.8. The highest BCUT2D eigenvalue weighted by molar-refractivity contribution is 7.89. The van der Waals surface area contributed by atoms with Crippen LogP contribution in [0, 0.1) is 5.82 Å². The van der Waals surface area contributed by atoms with Gasteiger partial charge in [0.1, 0.15) is 5.82 Å². The van der Waals surface area contributed by atoms with Crippen molar-refractivity contribution in [1.82, 2.24) is 9.62 Å². The number of hydrogen-bond acceptors (Lipinski definition) is 4. The molecule has 1 N–H and O–H groups in total. The van der Waals surface area contributed by atoms with E-state index in [0.717, 1.165) is 17.8 Å². The largest absolute Gasteiger partial charge is 0.368 e. The number of rotatable bonds is 5. The lowest BCUT2D eigenvalue weighted by atomic mass is 10.2. The van der Waals surface area contributed by atoms with Gasteiger partial charge in [-0.15, -0.1) is 0 Å². The molecule has 1 aliphatic heterocycles. The van der Waals surface area contributed by atoms with Gasteiger partial charge in [0.2, 0.25) is 15.9 Å². The number of anilines is 1. The summed E-state index contributed by atoms with van der Waals surface area (Å²) in [6, 6.07) is 13.5. The minimum Gasteiger partial charge on any atom is -0.368 e. The van der Waals surface area contributed by atoms with E-state index < -0.39 is 21.9 Å². The second kappa shape index (κ2) is 8.06. The van der Waals surface area contributed by atoms with Gasteiger partial charge in [0.05, 0.1) is 10.9 Å². The van der Waals surface area contributed by atoms with Crippen LogP contribution in [0.5, 0.6) is 0 Å². The number of nitrogens with zero attached hydrogens (tertiary/aromatic N) is 2. The number of benzene rings is 2. The van der Waals surface area contributed by atoms with Crippen LogP contribution in [0.15, 0.2) is 59.5 Å². The molecule has 1 amide bonds. The first-order valence-corrected chi connectivity index (χ1v) is 10.2. The molecular weight excluding hydrogens is 369 g/mol. The first-order valence-electron chi connectivity index (χ1n) is 8.73. The lowest BCUT2D eigenvalue weighted by Crippen LogP contribution is -2.54. The zero-order chi connectivity index (χ0) is 19.4. The molecule has 27 heavy (non-hydrogen) atoms. The standard InChI is InChI=1S/C19H22FN3O3S/c1-15(21-27(25,26)18-9-7-16(20)8-10-18)19(24)23-13-11-22(12-14-23)17-5-3-2-4-6-17/h2-10,15,21H,11-14H2,1H3/t15-/m1/s1. The first kappa shape index (κ1) is 19.3. The van der Waals surface area contributed by atoms with Gasteiger partial charge >= 0.3 is 0 Å². The SMILES string of the molecule is C[C@@H](NS(=O)(=O)c1ccc(F)cc1)C(=O)N1CCN(c2ccccc2)CC1. The molecule has 1 saturated heterocycles. The topological polar surface area (TPSA) is 69.7 Å². The predicted molar refractivity (Wildman–Crippen MR) is 101 cm³/mol. The Morgan fingerprint density at radius 1 is 1.00 bits per heavy atom. The van der Waals surface area contributed by atoms with Crippen LogP contribution in [0.2, 0.25) is 0 Å². The van der Waals surface area contributed by atoms with Crippen LogP contribution in [0.1, 0.15) is 6.92 Å². The summed E-state index contributed by atoms with van der Waals surface area (Å²) in [5, 5.41) is 0. The van der Waals surface area contributed by atoms with Gasteiger partial charge in [-0.1, -0.05) is 18.2 Å². The highest BCUT2D eigenvalue weighted by atomic mass is 32.2. The molecule has 0 aromatic heterocycles. The van der Waals surface area contributed by atoms with E-state index in [0.29, 0.717) is 26.2 Å². The van der Waals surface area contributed by atoms with E-state index in [1.807, 2.05) is 30.3 Å². The molecule has 1 heterocycles. The van der Waals surface area contributed by atoms with Gasteiger partial charge in [-0.3, -0.25) is 4.79 Å². The summed E-state index contributed by atoms with van der Waals surface area (Å²) in [4.78, 5) is 16.4. The van der Waals surface area contributed by atoms with Gasteiger partial charge in [0.15, 0.2) is 0 Å². The molecule has 1 atom stereocenters. The van der Waals surface area contributed by atoms with Gasteiger partial charge in [-0.05, 0) is 43.3 Å². The summed E-state index contributed by atoms with van der Waals surface area (Å²) in [6.07, 6.45) is 0. The van der Waals surface area contributed by atoms with Gasteiger partial charge in [-0.25, -0.2) is 12.8 Å². The summed E-state index contributed by atoms with van der Waals surface area (Å²) in [5.41, 5.74) is 1.11. The number of hydrogen-bond donors (Lipinski definition) is 1. The second-order valence-electron chi connectivity index (χ2n) is 6.44. The van der Waals surface area contributed by atoms with Crippen molar-refractivity contribution in [3.05, 3.63) is 60.4 Å². The third-order valence-corrected chi connectivity index (χ3v) is 6.10. The number of para-hydroxylation sites is 1. The third-order valence-electron chi connectivity index (χ3n) is 4.54. The number of sulfonamides is 1. The lowest BCUT2D eigenvalue weighted by molar-refractivity contribution is -0.132. The summed E-state index contributed by atoms with van der Waals surface area (Å²) < 4.78 is 40.1. The molecule has 0 bridgehead atoms. The molecule has 1 aliphatic rings. The van der Waals surface area contributed by atoms with E-state index >= 15 is 0 Å². The van der Waals surface area contributed by atoms with Crippen LogP contribution >= 0.6 is 0 Å². The molecule has 1 fully saturated rings. The van der Waals surface area contributed by atoms with Gasteiger partial charge in [-0.2, -0.15) is 4.72 Å². The number of halogens is 1. The van der Waals surface area contributed by atoms with Crippen molar-refractivity contribution in [1.29, 1.82) is 0 Å². The van der Waals surface area contributed by atoms with Crippen LogP contribution in [0.4, 0.5) is 10.1 Å². The summed E-state index contributed by atoms with van der Waals surface area (Å²) in [5.74, 6) is -0.789. The van der Waals surface area contributed by atoms with Gasteiger partial charge < -0.3 is 9.80 Å². The number of carbonyl (C=O) groups excluding carboxylic acids is 1. The number of amides is 1. The van der Waals surface area contributed by atoms with Crippen molar-refractivity contribution in [2.45, 2.75) is 17.9 Å². The third kappa shape index (κ3) is 4.64. The van der Waals surface area contributed by atoms with Crippen molar-refractivity contribution in [3.63, 3.8) is 0 Å². The van der Waals surface area contributed by atoms with Crippen LogP contribution in [0.3, 0.4) is 0 Å². The number of piperazine rings is 1. The molecule has 0 spiro atoms. The Balaban J connectivity index is 1.59. The maximum absolute atomic E-state index is 13.0. The van der Waals surface area contributed by atoms with E-state index in [1.165, 1.54) is 19.1 Å². The van der Waals surface area contributed by atoms with Gasteiger partial charge in [0, 0.05) is 31.9 Å². The Kier molecular flexibility index (Phi) is 5.76. The van der Waals surface area contributed by atoms with E-state index in [9.17, 15) is 17.6 Å². The molecule has 0 saturated carbocycles. The van der Waals surface area contributed by atoms with E-state index in [4.69, 9.17) is 0 Å². The minimum atomic E-state index is -3.89. The average Bonchev–Trinajstić information content (AvgIpc) is 2.68. The summed E-state index contributed by atoms with van der Waals surface area (Å²) in [6.45, 7) is 3.94. The summed E-state index contributed by atoms with van der Waals surface area (Å²) in [7, 11) is -3.89. The van der Waals surface area contributed by atoms with E-state index in [2.05, 4.69) is 9.62 Å². The molecule has 0 aliphatic carbocycles. The van der Waals surface area contributed by atoms with Crippen LogP contribution in [0.25, 0.3) is 0 Å². The van der Waals surface area contributed by atoms with Crippen LogP contribution in [-0.2, 0) is 14.8 Å². The van der Waals surface area contributed by atoms with Crippen molar-refractivity contribution in [2.75, 3.05) is 31.1 Å². The molecule has 2 aromatic carbocycles. The van der Waals surface area contributed by atoms with Crippen molar-refractivity contribution >= 4 is 21.6 Å². The number of nitrogens with one attached hydrogen (secondary N) is 1. The lowest BCUT2D eigenvalue weighted by Gasteiger charge is -2.37. The fourth-order valence-electron chi connectivity index (χ4n) is 3.06. The molecule has 0 unspecified atom stereocenters. The smallest absolute Gasteiger partial charge is 0.241 e. The Hall–Kier alpha value is -2.45. The molecule has 144 valence electrons. The predicted octanol–water partition coefficient (Wildman–Crippen LogP) is 1.84. The Bertz CT molecular complexity index is 880. The highest BCUT2D eigenvalue weighted by Crippen LogP contribution is 2.16. The Morgan fingerprint density at radius 2 is 1.59 bits per heavy atom. The zero-order valence-electron chi connectivity index (χ0n) is 15.0. The fraction of sp³-hybridized carbons (Fsp3) is 0.316. The number of carbonyl (C=O) groups is 1. The minimum absolute atomic E-state index is 0.0718. The Morgan fingerprint density at radius 3 is 2.19 bits per heavy atom. The second-order valence-corrected chi connectivity index (χ2v) is 8.16. The van der Waals surface area contributed by atoms with Crippen LogP contribution in [-0.4, -0.2) is 51.4 Å².